The van der Waals surface area contributed by atoms with E-state index in [4.69, 9.17) is 4.74 Å². The lowest BCUT2D eigenvalue weighted by Gasteiger charge is -2.00. The van der Waals surface area contributed by atoms with Crippen molar-refractivity contribution in [1.82, 2.24) is 4.98 Å². The zero-order valence-electron chi connectivity index (χ0n) is 8.46. The van der Waals surface area contributed by atoms with Gasteiger partial charge >= 0.3 is 0 Å². The number of carbonyl (C=O) groups excluding carboxylic acids is 1. The Morgan fingerprint density at radius 3 is 2.80 bits per heavy atom. The van der Waals surface area contributed by atoms with Crippen LogP contribution in [0.15, 0.2) is 18.2 Å². The average molecular weight is 204 g/mol. The van der Waals surface area contributed by atoms with E-state index in [2.05, 4.69) is 4.98 Å². The van der Waals surface area contributed by atoms with Gasteiger partial charge in [-0.1, -0.05) is 12.1 Å². The first kappa shape index (κ1) is 9.58. The molecule has 0 amide bonds. The maximum Gasteiger partial charge on any atom is 0.142 e. The SMILES string of the molecule is COc1cccc2c(C)c(C(=O)[O-])[nH]c12. The van der Waals surface area contributed by atoms with Crippen molar-refractivity contribution in [2.45, 2.75) is 6.92 Å². The molecule has 0 atom stereocenters. The van der Waals surface area contributed by atoms with Gasteiger partial charge in [-0.05, 0) is 18.6 Å². The van der Waals surface area contributed by atoms with Crippen LogP contribution in [0, 0.1) is 6.92 Å². The number of hydrogen-bond donors (Lipinski definition) is 1. The fourth-order valence-electron chi connectivity index (χ4n) is 1.70. The summed E-state index contributed by atoms with van der Waals surface area (Å²) in [6.07, 6.45) is 0. The second-order valence-corrected chi connectivity index (χ2v) is 3.30. The summed E-state index contributed by atoms with van der Waals surface area (Å²) in [4.78, 5) is 13.6. The maximum absolute atomic E-state index is 10.8. The van der Waals surface area contributed by atoms with Crippen LogP contribution in [0.4, 0.5) is 0 Å². The highest BCUT2D eigenvalue weighted by Crippen LogP contribution is 2.28. The third-order valence-corrected chi connectivity index (χ3v) is 2.48. The van der Waals surface area contributed by atoms with Crippen LogP contribution in [0.25, 0.3) is 10.9 Å². The van der Waals surface area contributed by atoms with E-state index in [9.17, 15) is 9.90 Å². The number of aromatic amines is 1. The number of aryl methyl sites for hydroxylation is 1. The van der Waals surface area contributed by atoms with Crippen molar-refractivity contribution in [2.75, 3.05) is 7.11 Å². The van der Waals surface area contributed by atoms with Gasteiger partial charge < -0.3 is 19.6 Å². The van der Waals surface area contributed by atoms with Crippen molar-refractivity contribution in [1.29, 1.82) is 0 Å². The zero-order valence-corrected chi connectivity index (χ0v) is 8.46. The second-order valence-electron chi connectivity index (χ2n) is 3.30. The minimum absolute atomic E-state index is 0.106. The summed E-state index contributed by atoms with van der Waals surface area (Å²) >= 11 is 0. The number of benzene rings is 1. The number of fused-ring (bicyclic) bond motifs is 1. The van der Waals surface area contributed by atoms with Gasteiger partial charge in [-0.25, -0.2) is 0 Å². The lowest BCUT2D eigenvalue weighted by molar-refractivity contribution is -0.255. The Morgan fingerprint density at radius 2 is 2.20 bits per heavy atom. The number of hydrogen-bond acceptors (Lipinski definition) is 3. The van der Waals surface area contributed by atoms with E-state index >= 15 is 0 Å². The quantitative estimate of drug-likeness (QED) is 0.788. The number of rotatable bonds is 2. The highest BCUT2D eigenvalue weighted by atomic mass is 16.5. The monoisotopic (exact) mass is 204 g/mol. The van der Waals surface area contributed by atoms with Gasteiger partial charge in [-0.2, -0.15) is 0 Å². The number of aromatic nitrogens is 1. The Balaban J connectivity index is 2.81. The predicted octanol–water partition coefficient (Wildman–Crippen LogP) is 0.848. The Bertz CT molecular complexity index is 528. The molecule has 1 aromatic carbocycles. The van der Waals surface area contributed by atoms with Gasteiger partial charge in [0.2, 0.25) is 0 Å². The molecule has 4 heteroatoms. The molecule has 0 spiro atoms. The smallest absolute Gasteiger partial charge is 0.142 e. The van der Waals surface area contributed by atoms with E-state index < -0.39 is 5.97 Å². The average Bonchev–Trinajstić information content (AvgIpc) is 2.56. The molecule has 0 saturated carbocycles. The van der Waals surface area contributed by atoms with Crippen LogP contribution < -0.4 is 9.84 Å². The first-order valence-corrected chi connectivity index (χ1v) is 4.51. The fraction of sp³-hybridized carbons (Fsp3) is 0.182. The van der Waals surface area contributed by atoms with E-state index in [0.29, 0.717) is 16.8 Å². The molecule has 0 unspecified atom stereocenters. The van der Waals surface area contributed by atoms with Crippen molar-refractivity contribution >= 4 is 16.9 Å². The molecule has 2 aromatic rings. The number of H-pyrrole nitrogens is 1. The molecule has 2 rings (SSSR count). The third kappa shape index (κ3) is 1.34. The molecule has 4 nitrogen and oxygen atoms in total. The molecule has 1 heterocycles. The number of ether oxygens (including phenoxy) is 1. The lowest BCUT2D eigenvalue weighted by atomic mass is 10.1. The van der Waals surface area contributed by atoms with Crippen molar-refractivity contribution in [3.05, 3.63) is 29.5 Å². The van der Waals surface area contributed by atoms with Gasteiger partial charge in [-0.15, -0.1) is 0 Å². The number of nitrogens with one attached hydrogen (secondary N) is 1. The predicted molar refractivity (Wildman–Crippen MR) is 53.9 cm³/mol. The molecule has 0 saturated heterocycles. The molecular formula is C11H10NO3-. The summed E-state index contributed by atoms with van der Waals surface area (Å²) in [7, 11) is 1.55. The Labute approximate surface area is 86.5 Å². The van der Waals surface area contributed by atoms with Gasteiger partial charge in [-0.3, -0.25) is 0 Å². The molecule has 15 heavy (non-hydrogen) atoms. The number of carbonyl (C=O) groups is 1. The molecule has 1 aromatic heterocycles. The van der Waals surface area contributed by atoms with Crippen LogP contribution in [-0.2, 0) is 0 Å². The molecule has 0 fully saturated rings. The van der Waals surface area contributed by atoms with Crippen molar-refractivity contribution in [2.24, 2.45) is 0 Å². The third-order valence-electron chi connectivity index (χ3n) is 2.48. The van der Waals surface area contributed by atoms with Crippen molar-refractivity contribution in [3.8, 4) is 5.75 Å². The first-order valence-electron chi connectivity index (χ1n) is 4.51. The summed E-state index contributed by atoms with van der Waals surface area (Å²) in [5, 5.41) is 11.6. The molecule has 0 aliphatic heterocycles. The standard InChI is InChI=1S/C11H11NO3/c1-6-7-4-3-5-8(15-2)10(7)12-9(6)11(13)14/h3-5,12H,1-2H3,(H,13,14)/p-1. The Hall–Kier alpha value is -1.97. The largest absolute Gasteiger partial charge is 0.543 e. The summed E-state index contributed by atoms with van der Waals surface area (Å²) in [6, 6.07) is 5.44. The molecule has 1 N–H and O–H groups in total. The second kappa shape index (κ2) is 3.31. The van der Waals surface area contributed by atoms with Gasteiger partial charge in [0.1, 0.15) is 5.75 Å². The van der Waals surface area contributed by atoms with Crippen LogP contribution in [0.5, 0.6) is 5.75 Å². The van der Waals surface area contributed by atoms with Crippen LogP contribution >= 0.6 is 0 Å². The fourth-order valence-corrected chi connectivity index (χ4v) is 1.70. The number of aromatic carboxylic acids is 1. The van der Waals surface area contributed by atoms with Gasteiger partial charge in [0.15, 0.2) is 0 Å². The van der Waals surface area contributed by atoms with Gasteiger partial charge in [0, 0.05) is 5.39 Å². The summed E-state index contributed by atoms with van der Waals surface area (Å²) in [5.74, 6) is -0.575. The highest BCUT2D eigenvalue weighted by molar-refractivity contribution is 5.98. The van der Waals surface area contributed by atoms with Crippen molar-refractivity contribution in [3.63, 3.8) is 0 Å². The van der Waals surface area contributed by atoms with E-state index in [1.54, 1.807) is 20.1 Å². The number of para-hydroxylation sites is 1. The minimum Gasteiger partial charge on any atom is -0.543 e. The van der Waals surface area contributed by atoms with Gasteiger partial charge in [0.25, 0.3) is 0 Å². The highest BCUT2D eigenvalue weighted by Gasteiger charge is 2.10. The van der Waals surface area contributed by atoms with E-state index in [1.807, 2.05) is 12.1 Å². The van der Waals surface area contributed by atoms with E-state index in [1.165, 1.54) is 0 Å². The molecule has 0 aliphatic rings. The van der Waals surface area contributed by atoms with E-state index in [0.717, 1.165) is 5.39 Å². The van der Waals surface area contributed by atoms with E-state index in [-0.39, 0.29) is 5.69 Å². The van der Waals surface area contributed by atoms with Gasteiger partial charge in [0.05, 0.1) is 24.3 Å². The molecule has 0 aliphatic carbocycles. The molecular weight excluding hydrogens is 194 g/mol. The molecule has 78 valence electrons. The molecule has 0 radical (unpaired) electrons. The number of carboxylic acid groups (broad SMARTS) is 1. The number of methoxy groups -OCH3 is 1. The van der Waals surface area contributed by atoms with Crippen molar-refractivity contribution < 1.29 is 14.6 Å². The Morgan fingerprint density at radius 1 is 1.47 bits per heavy atom. The normalized spacial score (nSPS) is 10.5. The first-order chi connectivity index (χ1) is 7.15. The summed E-state index contributed by atoms with van der Waals surface area (Å²) in [5.41, 5.74) is 1.47. The summed E-state index contributed by atoms with van der Waals surface area (Å²) < 4.78 is 5.13. The molecule has 0 bridgehead atoms. The van der Waals surface area contributed by atoms with Crippen LogP contribution in [-0.4, -0.2) is 18.1 Å². The summed E-state index contributed by atoms with van der Waals surface area (Å²) in [6.45, 7) is 1.74. The lowest BCUT2D eigenvalue weighted by Crippen LogP contribution is -2.23. The van der Waals surface area contributed by atoms with Crippen LogP contribution in [0.1, 0.15) is 16.1 Å². The van der Waals surface area contributed by atoms with Crippen LogP contribution in [0.3, 0.4) is 0 Å². The van der Waals surface area contributed by atoms with Crippen LogP contribution in [0.2, 0.25) is 0 Å². The topological polar surface area (TPSA) is 65.2 Å². The maximum atomic E-state index is 10.8. The minimum atomic E-state index is -1.20. The number of carboxylic acids is 1. The Kier molecular flexibility index (Phi) is 2.11. The zero-order chi connectivity index (χ0) is 11.0.